The molecule has 76 valence electrons. The second-order valence-corrected chi connectivity index (χ2v) is 4.01. The number of hydrogen-bond donors (Lipinski definition) is 2. The van der Waals surface area contributed by atoms with Crippen LogP contribution in [0.15, 0.2) is 6.20 Å². The summed E-state index contributed by atoms with van der Waals surface area (Å²) in [4.78, 5) is 26.1. The van der Waals surface area contributed by atoms with Gasteiger partial charge in [0, 0.05) is 0 Å². The van der Waals surface area contributed by atoms with Crippen molar-refractivity contribution in [2.75, 3.05) is 0 Å². The van der Waals surface area contributed by atoms with E-state index in [1.807, 2.05) is 0 Å². The third-order valence-electron chi connectivity index (χ3n) is 1.56. The van der Waals surface area contributed by atoms with Crippen molar-refractivity contribution in [2.45, 2.75) is 19.9 Å². The van der Waals surface area contributed by atoms with Gasteiger partial charge in [-0.15, -0.1) is 11.3 Å². The number of carboxylic acid groups (broad SMARTS) is 1. The molecule has 1 heterocycles. The highest BCUT2D eigenvalue weighted by Crippen LogP contribution is 2.11. The van der Waals surface area contributed by atoms with Gasteiger partial charge < -0.3 is 10.4 Å². The van der Waals surface area contributed by atoms with Crippen LogP contribution in [0.1, 0.15) is 21.6 Å². The monoisotopic (exact) mass is 214 g/mol. The van der Waals surface area contributed by atoms with Gasteiger partial charge in [0.25, 0.3) is 5.91 Å². The number of aryl methyl sites for hydroxylation is 1. The Hall–Kier alpha value is -1.43. The van der Waals surface area contributed by atoms with E-state index in [-0.39, 0.29) is 0 Å². The summed E-state index contributed by atoms with van der Waals surface area (Å²) in [5.74, 6) is -1.45. The van der Waals surface area contributed by atoms with Crippen LogP contribution in [0.5, 0.6) is 0 Å². The van der Waals surface area contributed by atoms with E-state index in [2.05, 4.69) is 10.3 Å². The number of nitrogens with one attached hydrogen (secondary N) is 1. The van der Waals surface area contributed by atoms with Crippen molar-refractivity contribution in [3.05, 3.63) is 16.1 Å². The van der Waals surface area contributed by atoms with Gasteiger partial charge in [-0.3, -0.25) is 9.59 Å². The third-order valence-corrected chi connectivity index (χ3v) is 2.47. The molecule has 0 aliphatic rings. The van der Waals surface area contributed by atoms with Crippen LogP contribution in [-0.2, 0) is 4.79 Å². The summed E-state index contributed by atoms with van der Waals surface area (Å²) in [7, 11) is 0. The van der Waals surface area contributed by atoms with E-state index in [0.29, 0.717) is 4.88 Å². The van der Waals surface area contributed by atoms with E-state index in [1.54, 1.807) is 6.92 Å². The summed E-state index contributed by atoms with van der Waals surface area (Å²) in [6.07, 6.45) is 1.43. The Labute approximate surface area is 84.8 Å². The zero-order valence-corrected chi connectivity index (χ0v) is 8.59. The molecule has 1 atom stereocenters. The first-order chi connectivity index (χ1) is 6.50. The Bertz CT molecular complexity index is 361. The predicted molar refractivity (Wildman–Crippen MR) is 51.4 cm³/mol. The predicted octanol–water partition coefficient (Wildman–Crippen LogP) is 0.654. The van der Waals surface area contributed by atoms with Gasteiger partial charge in [-0.1, -0.05) is 0 Å². The topological polar surface area (TPSA) is 79.3 Å². The molecule has 0 saturated carbocycles. The Morgan fingerprint density at radius 1 is 1.64 bits per heavy atom. The number of amides is 1. The first-order valence-electron chi connectivity index (χ1n) is 3.97. The Kier molecular flexibility index (Phi) is 3.19. The van der Waals surface area contributed by atoms with Crippen LogP contribution >= 0.6 is 11.3 Å². The minimum absolute atomic E-state index is 0.398. The largest absolute Gasteiger partial charge is 0.480 e. The van der Waals surface area contributed by atoms with Crippen LogP contribution in [-0.4, -0.2) is 28.0 Å². The van der Waals surface area contributed by atoms with E-state index < -0.39 is 17.9 Å². The average molecular weight is 214 g/mol. The zero-order chi connectivity index (χ0) is 10.7. The van der Waals surface area contributed by atoms with Crippen molar-refractivity contribution in [1.82, 2.24) is 10.3 Å². The van der Waals surface area contributed by atoms with E-state index in [1.165, 1.54) is 24.5 Å². The molecule has 1 aromatic heterocycles. The molecular weight excluding hydrogens is 204 g/mol. The summed E-state index contributed by atoms with van der Waals surface area (Å²) in [6, 6.07) is -0.884. The molecule has 14 heavy (non-hydrogen) atoms. The van der Waals surface area contributed by atoms with Crippen molar-refractivity contribution in [2.24, 2.45) is 0 Å². The van der Waals surface area contributed by atoms with Gasteiger partial charge >= 0.3 is 5.97 Å². The summed E-state index contributed by atoms with van der Waals surface area (Å²) >= 11 is 1.23. The highest BCUT2D eigenvalue weighted by atomic mass is 32.1. The van der Waals surface area contributed by atoms with E-state index in [4.69, 9.17) is 5.11 Å². The lowest BCUT2D eigenvalue weighted by molar-refractivity contribution is -0.138. The van der Waals surface area contributed by atoms with E-state index in [9.17, 15) is 9.59 Å². The minimum Gasteiger partial charge on any atom is -0.480 e. The number of carboxylic acids is 1. The standard InChI is InChI=1S/C8H10N2O3S/c1-4(8(12)13)10-7(11)6-3-9-5(2)14-6/h3-4H,1-2H3,(H,10,11)(H,12,13)/t4-/m1/s1. The quantitative estimate of drug-likeness (QED) is 0.774. The highest BCUT2D eigenvalue weighted by Gasteiger charge is 2.16. The molecule has 0 bridgehead atoms. The lowest BCUT2D eigenvalue weighted by atomic mass is 10.3. The molecule has 0 spiro atoms. The Morgan fingerprint density at radius 3 is 2.71 bits per heavy atom. The van der Waals surface area contributed by atoms with Crippen LogP contribution < -0.4 is 5.32 Å². The fourth-order valence-corrected chi connectivity index (χ4v) is 1.48. The third kappa shape index (κ3) is 2.53. The number of aromatic nitrogens is 1. The number of carbonyl (C=O) groups excluding carboxylic acids is 1. The van der Waals surface area contributed by atoms with Crippen LogP contribution in [0.25, 0.3) is 0 Å². The van der Waals surface area contributed by atoms with E-state index in [0.717, 1.165) is 5.01 Å². The Morgan fingerprint density at radius 2 is 2.29 bits per heavy atom. The molecule has 0 fully saturated rings. The fraction of sp³-hybridized carbons (Fsp3) is 0.375. The first kappa shape index (κ1) is 10.6. The summed E-state index contributed by atoms with van der Waals surface area (Å²) in [5.41, 5.74) is 0. The van der Waals surface area contributed by atoms with E-state index >= 15 is 0 Å². The van der Waals surface area contributed by atoms with Crippen molar-refractivity contribution in [1.29, 1.82) is 0 Å². The maximum absolute atomic E-state index is 11.4. The second kappa shape index (κ2) is 4.19. The molecule has 5 nitrogen and oxygen atoms in total. The van der Waals surface area contributed by atoms with Gasteiger partial charge in [0.05, 0.1) is 11.2 Å². The minimum atomic E-state index is -1.06. The number of carbonyl (C=O) groups is 2. The van der Waals surface area contributed by atoms with Crippen molar-refractivity contribution in [3.63, 3.8) is 0 Å². The molecule has 1 rings (SSSR count). The van der Waals surface area contributed by atoms with Gasteiger partial charge in [0.15, 0.2) is 0 Å². The van der Waals surface area contributed by atoms with Crippen LogP contribution in [0, 0.1) is 6.92 Å². The number of hydrogen-bond acceptors (Lipinski definition) is 4. The number of thiazole rings is 1. The molecular formula is C8H10N2O3S. The van der Waals surface area contributed by atoms with Gasteiger partial charge in [0.2, 0.25) is 0 Å². The van der Waals surface area contributed by atoms with Crippen LogP contribution in [0.3, 0.4) is 0 Å². The van der Waals surface area contributed by atoms with Crippen molar-refractivity contribution < 1.29 is 14.7 Å². The normalized spacial score (nSPS) is 12.1. The second-order valence-electron chi connectivity index (χ2n) is 2.78. The zero-order valence-electron chi connectivity index (χ0n) is 7.77. The Balaban J connectivity index is 2.63. The summed E-state index contributed by atoms with van der Waals surface area (Å²) in [5, 5.41) is 11.7. The van der Waals surface area contributed by atoms with Crippen molar-refractivity contribution in [3.8, 4) is 0 Å². The molecule has 1 aromatic rings. The molecule has 0 aliphatic carbocycles. The van der Waals surface area contributed by atoms with Gasteiger partial charge in [-0.2, -0.15) is 0 Å². The maximum atomic E-state index is 11.4. The number of rotatable bonds is 3. The smallest absolute Gasteiger partial charge is 0.325 e. The molecule has 2 N–H and O–H groups in total. The molecule has 0 aliphatic heterocycles. The van der Waals surface area contributed by atoms with Crippen molar-refractivity contribution >= 4 is 23.2 Å². The van der Waals surface area contributed by atoms with Crippen LogP contribution in [0.2, 0.25) is 0 Å². The maximum Gasteiger partial charge on any atom is 0.325 e. The SMILES string of the molecule is Cc1ncc(C(=O)N[C@H](C)C(=O)O)s1. The lowest BCUT2D eigenvalue weighted by Gasteiger charge is -2.06. The van der Waals surface area contributed by atoms with Gasteiger partial charge in [-0.05, 0) is 13.8 Å². The fourth-order valence-electron chi connectivity index (χ4n) is 0.796. The van der Waals surface area contributed by atoms with Gasteiger partial charge in [0.1, 0.15) is 10.9 Å². The molecule has 6 heteroatoms. The highest BCUT2D eigenvalue weighted by molar-refractivity contribution is 7.13. The molecule has 1 amide bonds. The number of aliphatic carboxylic acids is 1. The van der Waals surface area contributed by atoms with Gasteiger partial charge in [-0.25, -0.2) is 4.98 Å². The molecule has 0 aromatic carbocycles. The molecule has 0 radical (unpaired) electrons. The number of nitrogens with zero attached hydrogens (tertiary/aromatic N) is 1. The molecule has 0 saturated heterocycles. The van der Waals surface area contributed by atoms with Crippen LogP contribution in [0.4, 0.5) is 0 Å². The molecule has 0 unspecified atom stereocenters. The average Bonchev–Trinajstić information content (AvgIpc) is 2.51. The summed E-state index contributed by atoms with van der Waals surface area (Å²) in [6.45, 7) is 3.19. The first-order valence-corrected chi connectivity index (χ1v) is 4.78. The summed E-state index contributed by atoms with van der Waals surface area (Å²) < 4.78 is 0. The lowest BCUT2D eigenvalue weighted by Crippen LogP contribution is -2.37.